The van der Waals surface area contributed by atoms with Gasteiger partial charge in [0, 0.05) is 22.7 Å². The summed E-state index contributed by atoms with van der Waals surface area (Å²) >= 11 is 9.37. The molecule has 3 nitrogen and oxygen atoms in total. The number of hydrogen-bond acceptors (Lipinski definition) is 1. The minimum Gasteiger partial charge on any atom is -0.361 e. The summed E-state index contributed by atoms with van der Waals surface area (Å²) in [5, 5.41) is 4.41. The van der Waals surface area contributed by atoms with E-state index >= 15 is 0 Å². The predicted octanol–water partition coefficient (Wildman–Crippen LogP) is 4.84. The lowest BCUT2D eigenvalue weighted by Gasteiger charge is -2.08. The van der Waals surface area contributed by atoms with Crippen LogP contribution in [0.1, 0.15) is 10.4 Å². The molecule has 3 rings (SSSR count). The lowest BCUT2D eigenvalue weighted by molar-refractivity contribution is 0.102. The quantitative estimate of drug-likeness (QED) is 0.683. The highest BCUT2D eigenvalue weighted by molar-refractivity contribution is 9.10. The third kappa shape index (κ3) is 2.44. The number of carbonyl (C=O) groups excluding carboxylic acids is 1. The summed E-state index contributed by atoms with van der Waals surface area (Å²) in [5.41, 5.74) is 2.26. The van der Waals surface area contributed by atoms with E-state index in [2.05, 4.69) is 26.2 Å². The van der Waals surface area contributed by atoms with Crippen LogP contribution in [0.2, 0.25) is 5.02 Å². The highest BCUT2D eigenvalue weighted by Gasteiger charge is 2.10. The summed E-state index contributed by atoms with van der Waals surface area (Å²) in [5.74, 6) is -0.170. The van der Waals surface area contributed by atoms with Crippen molar-refractivity contribution in [1.82, 2.24) is 4.98 Å². The van der Waals surface area contributed by atoms with Crippen molar-refractivity contribution in [3.63, 3.8) is 0 Å². The normalized spacial score (nSPS) is 10.7. The second-order valence-electron chi connectivity index (χ2n) is 4.34. The molecule has 20 heavy (non-hydrogen) atoms. The maximum absolute atomic E-state index is 12.3. The summed E-state index contributed by atoms with van der Waals surface area (Å²) in [6.45, 7) is 0. The number of aromatic nitrogens is 1. The van der Waals surface area contributed by atoms with Crippen LogP contribution in [0.4, 0.5) is 5.69 Å². The molecule has 0 atom stereocenters. The number of hydrogen-bond donors (Lipinski definition) is 2. The molecule has 3 aromatic rings. The van der Waals surface area contributed by atoms with E-state index in [0.29, 0.717) is 20.7 Å². The average molecular weight is 350 g/mol. The number of rotatable bonds is 2. The van der Waals surface area contributed by atoms with Crippen molar-refractivity contribution in [2.24, 2.45) is 0 Å². The first-order valence-corrected chi connectivity index (χ1v) is 7.15. The maximum atomic E-state index is 12.3. The standard InChI is InChI=1S/C15H10BrClN2O/c16-14-11(17)2-1-3-13(14)19-15(20)10-4-5-12-9(8-10)6-7-18-12/h1-8,18H,(H,19,20). The number of halogens is 2. The van der Waals surface area contributed by atoms with Gasteiger partial charge in [-0.25, -0.2) is 0 Å². The monoisotopic (exact) mass is 348 g/mol. The molecule has 0 bridgehead atoms. The molecule has 0 fully saturated rings. The molecule has 0 saturated heterocycles. The summed E-state index contributed by atoms with van der Waals surface area (Å²) in [6.07, 6.45) is 1.85. The zero-order valence-electron chi connectivity index (χ0n) is 10.3. The van der Waals surface area contributed by atoms with Gasteiger partial charge in [0.1, 0.15) is 0 Å². The Bertz CT molecular complexity index is 797. The molecular weight excluding hydrogens is 340 g/mol. The van der Waals surface area contributed by atoms with E-state index in [9.17, 15) is 4.79 Å². The number of amides is 1. The largest absolute Gasteiger partial charge is 0.361 e. The number of H-pyrrole nitrogens is 1. The van der Waals surface area contributed by atoms with Crippen LogP contribution in [-0.2, 0) is 0 Å². The van der Waals surface area contributed by atoms with E-state index in [-0.39, 0.29) is 5.91 Å². The third-order valence-corrected chi connectivity index (χ3v) is 4.41. The van der Waals surface area contributed by atoms with Gasteiger partial charge in [-0.05, 0) is 52.3 Å². The van der Waals surface area contributed by atoms with Gasteiger partial charge in [-0.3, -0.25) is 4.79 Å². The zero-order chi connectivity index (χ0) is 14.1. The smallest absolute Gasteiger partial charge is 0.255 e. The molecule has 1 amide bonds. The number of nitrogens with one attached hydrogen (secondary N) is 2. The lowest BCUT2D eigenvalue weighted by atomic mass is 10.1. The second-order valence-corrected chi connectivity index (χ2v) is 5.54. The van der Waals surface area contributed by atoms with E-state index in [1.54, 1.807) is 24.3 Å². The van der Waals surface area contributed by atoms with Crippen LogP contribution in [0, 0.1) is 0 Å². The molecule has 0 aliphatic carbocycles. The van der Waals surface area contributed by atoms with Gasteiger partial charge >= 0.3 is 0 Å². The van der Waals surface area contributed by atoms with Crippen molar-refractivity contribution in [3.8, 4) is 0 Å². The number of anilines is 1. The Balaban J connectivity index is 1.90. The van der Waals surface area contributed by atoms with Crippen LogP contribution in [0.25, 0.3) is 10.9 Å². The molecule has 5 heteroatoms. The Labute approximate surface area is 129 Å². The molecule has 0 aliphatic rings. The fourth-order valence-electron chi connectivity index (χ4n) is 1.99. The van der Waals surface area contributed by atoms with Crippen LogP contribution in [0.5, 0.6) is 0 Å². The van der Waals surface area contributed by atoms with Crippen molar-refractivity contribution in [2.75, 3.05) is 5.32 Å². The topological polar surface area (TPSA) is 44.9 Å². The van der Waals surface area contributed by atoms with E-state index in [4.69, 9.17) is 11.6 Å². The van der Waals surface area contributed by atoms with E-state index < -0.39 is 0 Å². The van der Waals surface area contributed by atoms with Gasteiger partial charge in [0.05, 0.1) is 15.2 Å². The Morgan fingerprint density at radius 2 is 2.05 bits per heavy atom. The van der Waals surface area contributed by atoms with Gasteiger partial charge in [0.15, 0.2) is 0 Å². The van der Waals surface area contributed by atoms with E-state index in [0.717, 1.165) is 10.9 Å². The molecule has 1 heterocycles. The minimum absolute atomic E-state index is 0.170. The Hall–Kier alpha value is -1.78. The van der Waals surface area contributed by atoms with Gasteiger partial charge in [-0.2, -0.15) is 0 Å². The molecular formula is C15H10BrClN2O. The Kier molecular flexibility index (Phi) is 3.51. The van der Waals surface area contributed by atoms with Crippen molar-refractivity contribution < 1.29 is 4.79 Å². The number of aromatic amines is 1. The molecule has 0 radical (unpaired) electrons. The average Bonchev–Trinajstić information content (AvgIpc) is 2.91. The first-order valence-electron chi connectivity index (χ1n) is 5.97. The predicted molar refractivity (Wildman–Crippen MR) is 85.4 cm³/mol. The van der Waals surface area contributed by atoms with Gasteiger partial charge in [-0.15, -0.1) is 0 Å². The van der Waals surface area contributed by atoms with Gasteiger partial charge in [0.2, 0.25) is 0 Å². The van der Waals surface area contributed by atoms with Crippen molar-refractivity contribution in [2.45, 2.75) is 0 Å². The molecule has 2 aromatic carbocycles. The van der Waals surface area contributed by atoms with Crippen molar-refractivity contribution in [3.05, 3.63) is 63.7 Å². The summed E-state index contributed by atoms with van der Waals surface area (Å²) < 4.78 is 0.678. The van der Waals surface area contributed by atoms with Gasteiger partial charge < -0.3 is 10.3 Å². The fraction of sp³-hybridized carbons (Fsp3) is 0. The van der Waals surface area contributed by atoms with Crippen LogP contribution in [-0.4, -0.2) is 10.9 Å². The van der Waals surface area contributed by atoms with Crippen molar-refractivity contribution >= 4 is 50.0 Å². The molecule has 0 unspecified atom stereocenters. The highest BCUT2D eigenvalue weighted by Crippen LogP contribution is 2.30. The fourth-order valence-corrected chi connectivity index (χ4v) is 2.53. The lowest BCUT2D eigenvalue weighted by Crippen LogP contribution is -2.12. The summed E-state index contributed by atoms with van der Waals surface area (Å²) in [6, 6.07) is 12.8. The Morgan fingerprint density at radius 3 is 2.90 bits per heavy atom. The first kappa shape index (κ1) is 13.2. The maximum Gasteiger partial charge on any atom is 0.255 e. The zero-order valence-corrected chi connectivity index (χ0v) is 12.6. The number of carbonyl (C=O) groups is 1. The van der Waals surface area contributed by atoms with Crippen LogP contribution >= 0.6 is 27.5 Å². The summed E-state index contributed by atoms with van der Waals surface area (Å²) in [4.78, 5) is 15.4. The van der Waals surface area contributed by atoms with Gasteiger partial charge in [0.25, 0.3) is 5.91 Å². The number of fused-ring (bicyclic) bond motifs is 1. The highest BCUT2D eigenvalue weighted by atomic mass is 79.9. The molecule has 1 aromatic heterocycles. The molecule has 100 valence electrons. The molecule has 0 saturated carbocycles. The first-order chi connectivity index (χ1) is 9.65. The van der Waals surface area contributed by atoms with Crippen molar-refractivity contribution in [1.29, 1.82) is 0 Å². The molecule has 0 spiro atoms. The summed E-state index contributed by atoms with van der Waals surface area (Å²) in [7, 11) is 0. The molecule has 0 aliphatic heterocycles. The minimum atomic E-state index is -0.170. The second kappa shape index (κ2) is 5.31. The van der Waals surface area contributed by atoms with E-state index in [1.165, 1.54) is 0 Å². The van der Waals surface area contributed by atoms with Crippen LogP contribution in [0.15, 0.2) is 53.1 Å². The van der Waals surface area contributed by atoms with Gasteiger partial charge in [-0.1, -0.05) is 17.7 Å². The third-order valence-electron chi connectivity index (χ3n) is 3.02. The van der Waals surface area contributed by atoms with E-state index in [1.807, 2.05) is 24.4 Å². The SMILES string of the molecule is O=C(Nc1cccc(Cl)c1Br)c1ccc2[nH]ccc2c1. The number of benzene rings is 2. The van der Waals surface area contributed by atoms with Crippen LogP contribution < -0.4 is 5.32 Å². The van der Waals surface area contributed by atoms with Crippen LogP contribution in [0.3, 0.4) is 0 Å². The molecule has 2 N–H and O–H groups in total. The Morgan fingerprint density at radius 1 is 1.20 bits per heavy atom.